The molecule has 1 atom stereocenters. The molecule has 1 unspecified atom stereocenters. The quantitative estimate of drug-likeness (QED) is 0.672. The van der Waals surface area contributed by atoms with Gasteiger partial charge in [-0.3, -0.25) is 0 Å². The molecule has 2 aliphatic carbocycles. The molecule has 1 aromatic rings. The number of benzene rings is 1. The second-order valence-corrected chi connectivity index (χ2v) is 9.86. The van der Waals surface area contributed by atoms with Crippen LogP contribution in [0.1, 0.15) is 77.5 Å². The lowest BCUT2D eigenvalue weighted by atomic mass is 9.63. The lowest BCUT2D eigenvalue weighted by molar-refractivity contribution is -0.132. The summed E-state index contributed by atoms with van der Waals surface area (Å²) in [6.45, 7) is 13.7. The standard InChI is InChI=1S/C25H32O2/c1-17(16-25(6)11-9-18(10-12-25)22(26)27)19-7-8-20-21(15-19)24(4,5)14-13-23(20,2)3/h7-11,15-16H,12-14H2,1-6H3,(H,26,27)/b17-16+. The van der Waals surface area contributed by atoms with Crippen LogP contribution in [0.4, 0.5) is 0 Å². The highest BCUT2D eigenvalue weighted by Crippen LogP contribution is 2.46. The van der Waals surface area contributed by atoms with Crippen molar-refractivity contribution in [2.45, 2.75) is 71.6 Å². The van der Waals surface area contributed by atoms with Gasteiger partial charge >= 0.3 is 5.97 Å². The number of carbonyl (C=O) groups is 1. The van der Waals surface area contributed by atoms with Crippen molar-refractivity contribution in [2.75, 3.05) is 0 Å². The first-order chi connectivity index (χ1) is 12.4. The van der Waals surface area contributed by atoms with Gasteiger partial charge in [-0.05, 0) is 59.3 Å². The molecule has 0 bridgehead atoms. The number of hydrogen-bond acceptors (Lipinski definition) is 1. The van der Waals surface area contributed by atoms with Gasteiger partial charge in [0.15, 0.2) is 0 Å². The van der Waals surface area contributed by atoms with E-state index in [4.69, 9.17) is 5.11 Å². The van der Waals surface area contributed by atoms with E-state index < -0.39 is 5.97 Å². The molecule has 1 aromatic carbocycles. The second-order valence-electron chi connectivity index (χ2n) is 9.86. The molecule has 144 valence electrons. The van der Waals surface area contributed by atoms with Crippen LogP contribution in [0.5, 0.6) is 0 Å². The second kappa shape index (κ2) is 6.51. The van der Waals surface area contributed by atoms with Crippen LogP contribution in [0.25, 0.3) is 5.57 Å². The van der Waals surface area contributed by atoms with Crippen LogP contribution in [-0.4, -0.2) is 11.1 Å². The minimum Gasteiger partial charge on any atom is -0.478 e. The van der Waals surface area contributed by atoms with Crippen LogP contribution in [0.3, 0.4) is 0 Å². The van der Waals surface area contributed by atoms with Crippen LogP contribution in [-0.2, 0) is 15.6 Å². The summed E-state index contributed by atoms with van der Waals surface area (Å²) >= 11 is 0. The van der Waals surface area contributed by atoms with Crippen molar-refractivity contribution in [3.63, 3.8) is 0 Å². The van der Waals surface area contributed by atoms with Gasteiger partial charge in [0.1, 0.15) is 0 Å². The van der Waals surface area contributed by atoms with Gasteiger partial charge in [-0.1, -0.05) is 77.1 Å². The molecular weight excluding hydrogens is 332 g/mol. The van der Waals surface area contributed by atoms with Gasteiger partial charge in [-0.25, -0.2) is 4.79 Å². The van der Waals surface area contributed by atoms with Crippen LogP contribution in [0.2, 0.25) is 0 Å². The zero-order valence-corrected chi connectivity index (χ0v) is 17.5. The molecular formula is C25H32O2. The SMILES string of the molecule is C/C(=C\C1(C)C=CC(C(=O)O)=CC1)c1ccc2c(c1)C(C)(C)CCC2(C)C. The Morgan fingerprint density at radius 1 is 1.04 bits per heavy atom. The van der Waals surface area contributed by atoms with Crippen LogP contribution in [0.15, 0.2) is 48.1 Å². The minimum absolute atomic E-state index is 0.145. The number of carboxylic acid groups (broad SMARTS) is 1. The van der Waals surface area contributed by atoms with Gasteiger partial charge < -0.3 is 5.11 Å². The summed E-state index contributed by atoms with van der Waals surface area (Å²) in [4.78, 5) is 11.1. The van der Waals surface area contributed by atoms with Gasteiger partial charge in [-0.2, -0.15) is 0 Å². The first kappa shape index (κ1) is 19.7. The zero-order valence-electron chi connectivity index (χ0n) is 17.5. The summed E-state index contributed by atoms with van der Waals surface area (Å²) in [7, 11) is 0. The predicted molar refractivity (Wildman–Crippen MR) is 113 cm³/mol. The van der Waals surface area contributed by atoms with E-state index in [1.807, 2.05) is 12.2 Å². The molecule has 2 heteroatoms. The Hall–Kier alpha value is -2.09. The van der Waals surface area contributed by atoms with Crippen molar-refractivity contribution in [3.05, 3.63) is 64.8 Å². The fourth-order valence-electron chi connectivity index (χ4n) is 4.42. The third kappa shape index (κ3) is 3.81. The number of aliphatic carboxylic acids is 1. The summed E-state index contributed by atoms with van der Waals surface area (Å²) in [5, 5.41) is 9.14. The summed E-state index contributed by atoms with van der Waals surface area (Å²) in [6, 6.07) is 6.96. The Labute approximate surface area is 163 Å². The first-order valence-corrected chi connectivity index (χ1v) is 9.91. The molecule has 1 N–H and O–H groups in total. The monoisotopic (exact) mass is 364 g/mol. The maximum Gasteiger partial charge on any atom is 0.335 e. The third-order valence-electron chi connectivity index (χ3n) is 6.51. The normalized spacial score (nSPS) is 26.3. The van der Waals surface area contributed by atoms with Gasteiger partial charge in [-0.15, -0.1) is 0 Å². The predicted octanol–water partition coefficient (Wildman–Crippen LogP) is 6.42. The summed E-state index contributed by atoms with van der Waals surface area (Å²) < 4.78 is 0. The summed E-state index contributed by atoms with van der Waals surface area (Å²) in [6.07, 6.45) is 11.0. The number of carboxylic acids is 1. The van der Waals surface area contributed by atoms with E-state index in [1.165, 1.54) is 35.1 Å². The maximum atomic E-state index is 11.1. The van der Waals surface area contributed by atoms with E-state index in [0.717, 1.165) is 0 Å². The average Bonchev–Trinajstić information content (AvgIpc) is 2.59. The molecule has 0 saturated heterocycles. The minimum atomic E-state index is -0.853. The van der Waals surface area contributed by atoms with E-state index >= 15 is 0 Å². The Bertz CT molecular complexity index is 864. The molecule has 0 aromatic heterocycles. The first-order valence-electron chi connectivity index (χ1n) is 9.91. The fraction of sp³-hybridized carbons (Fsp3) is 0.480. The highest BCUT2D eigenvalue weighted by atomic mass is 16.4. The molecule has 0 saturated carbocycles. The van der Waals surface area contributed by atoms with Crippen molar-refractivity contribution >= 4 is 11.5 Å². The molecule has 0 heterocycles. The van der Waals surface area contributed by atoms with E-state index in [-0.39, 0.29) is 16.2 Å². The van der Waals surface area contributed by atoms with Crippen molar-refractivity contribution in [2.24, 2.45) is 5.41 Å². The van der Waals surface area contributed by atoms with E-state index in [0.29, 0.717) is 12.0 Å². The van der Waals surface area contributed by atoms with Crippen molar-refractivity contribution in [1.82, 2.24) is 0 Å². The molecule has 2 aliphatic rings. The lowest BCUT2D eigenvalue weighted by Gasteiger charge is -2.42. The van der Waals surface area contributed by atoms with Gasteiger partial charge in [0.25, 0.3) is 0 Å². The van der Waals surface area contributed by atoms with Crippen LogP contribution in [0, 0.1) is 5.41 Å². The average molecular weight is 365 g/mol. The topological polar surface area (TPSA) is 37.3 Å². The maximum absolute atomic E-state index is 11.1. The Balaban J connectivity index is 1.95. The lowest BCUT2D eigenvalue weighted by Crippen LogP contribution is -2.33. The Kier molecular flexibility index (Phi) is 4.74. The van der Waals surface area contributed by atoms with Gasteiger partial charge in [0.05, 0.1) is 5.57 Å². The van der Waals surface area contributed by atoms with Crippen LogP contribution < -0.4 is 0 Å². The van der Waals surface area contributed by atoms with E-state index in [2.05, 4.69) is 65.8 Å². The van der Waals surface area contributed by atoms with Crippen molar-refractivity contribution in [1.29, 1.82) is 0 Å². The summed E-state index contributed by atoms with van der Waals surface area (Å²) in [5.41, 5.74) is 6.14. The smallest absolute Gasteiger partial charge is 0.335 e. The summed E-state index contributed by atoms with van der Waals surface area (Å²) in [5.74, 6) is -0.853. The molecule has 0 spiro atoms. The van der Waals surface area contributed by atoms with Crippen molar-refractivity contribution in [3.8, 4) is 0 Å². The Morgan fingerprint density at radius 2 is 1.67 bits per heavy atom. The molecule has 27 heavy (non-hydrogen) atoms. The number of allylic oxidation sites excluding steroid dienone is 4. The van der Waals surface area contributed by atoms with E-state index in [9.17, 15) is 4.79 Å². The molecule has 0 fully saturated rings. The van der Waals surface area contributed by atoms with E-state index in [1.54, 1.807) is 6.08 Å². The highest BCUT2D eigenvalue weighted by Gasteiger charge is 2.37. The Morgan fingerprint density at radius 3 is 2.22 bits per heavy atom. The largest absolute Gasteiger partial charge is 0.478 e. The molecule has 2 nitrogen and oxygen atoms in total. The van der Waals surface area contributed by atoms with Crippen LogP contribution >= 0.6 is 0 Å². The fourth-order valence-corrected chi connectivity index (χ4v) is 4.42. The molecule has 3 rings (SSSR count). The van der Waals surface area contributed by atoms with Gasteiger partial charge in [0.2, 0.25) is 0 Å². The third-order valence-corrected chi connectivity index (χ3v) is 6.51. The highest BCUT2D eigenvalue weighted by molar-refractivity contribution is 5.90. The molecule has 0 amide bonds. The number of fused-ring (bicyclic) bond motifs is 1. The van der Waals surface area contributed by atoms with Gasteiger partial charge in [0, 0.05) is 5.41 Å². The molecule has 0 aliphatic heterocycles. The molecule has 0 radical (unpaired) electrons. The van der Waals surface area contributed by atoms with Crippen molar-refractivity contribution < 1.29 is 9.90 Å². The zero-order chi connectivity index (χ0) is 20.0. The number of hydrogen-bond donors (Lipinski definition) is 1. The number of rotatable bonds is 3.